The molecule has 118 valence electrons. The molecular formula is C18H23NO3. The van der Waals surface area contributed by atoms with Crippen molar-refractivity contribution in [2.24, 2.45) is 0 Å². The molecule has 0 fully saturated rings. The quantitative estimate of drug-likeness (QED) is 0.711. The summed E-state index contributed by atoms with van der Waals surface area (Å²) in [4.78, 5) is 0. The zero-order valence-corrected chi connectivity index (χ0v) is 13.2. The van der Waals surface area contributed by atoms with Crippen molar-refractivity contribution in [3.8, 4) is 17.2 Å². The van der Waals surface area contributed by atoms with Gasteiger partial charge in [-0.25, -0.2) is 0 Å². The Hall–Kier alpha value is -2.36. The van der Waals surface area contributed by atoms with Crippen LogP contribution in [0, 0.1) is 0 Å². The van der Waals surface area contributed by atoms with Gasteiger partial charge in [0.2, 0.25) is 0 Å². The van der Waals surface area contributed by atoms with Crippen LogP contribution in [0.1, 0.15) is 12.8 Å². The van der Waals surface area contributed by atoms with Crippen molar-refractivity contribution in [1.82, 2.24) is 0 Å². The molecule has 0 amide bonds. The van der Waals surface area contributed by atoms with E-state index in [2.05, 4.69) is 5.32 Å². The van der Waals surface area contributed by atoms with Crippen LogP contribution in [0.15, 0.2) is 48.5 Å². The summed E-state index contributed by atoms with van der Waals surface area (Å²) in [6, 6.07) is 15.7. The van der Waals surface area contributed by atoms with Crippen LogP contribution in [0.5, 0.6) is 17.2 Å². The van der Waals surface area contributed by atoms with E-state index in [-0.39, 0.29) is 0 Å². The molecule has 2 aromatic rings. The average molecular weight is 301 g/mol. The van der Waals surface area contributed by atoms with E-state index in [4.69, 9.17) is 14.2 Å². The Morgan fingerprint density at radius 3 is 2.36 bits per heavy atom. The van der Waals surface area contributed by atoms with Gasteiger partial charge in [-0.15, -0.1) is 0 Å². The lowest BCUT2D eigenvalue weighted by Gasteiger charge is -2.11. The van der Waals surface area contributed by atoms with Gasteiger partial charge in [-0.3, -0.25) is 0 Å². The Morgan fingerprint density at radius 1 is 0.864 bits per heavy atom. The van der Waals surface area contributed by atoms with Crippen LogP contribution in [0.3, 0.4) is 0 Å². The molecule has 0 saturated heterocycles. The van der Waals surface area contributed by atoms with E-state index in [1.54, 1.807) is 14.2 Å². The van der Waals surface area contributed by atoms with Crippen LogP contribution < -0.4 is 19.5 Å². The van der Waals surface area contributed by atoms with Crippen molar-refractivity contribution < 1.29 is 14.2 Å². The van der Waals surface area contributed by atoms with E-state index in [0.29, 0.717) is 0 Å². The number of para-hydroxylation sites is 1. The maximum absolute atomic E-state index is 5.66. The molecule has 1 N–H and O–H groups in total. The summed E-state index contributed by atoms with van der Waals surface area (Å²) >= 11 is 0. The lowest BCUT2D eigenvalue weighted by Crippen LogP contribution is -2.05. The standard InChI is InChI=1S/C18H23NO3/c1-20-17-11-10-15(14-18(17)21-2)19-12-6-7-13-22-16-8-4-3-5-9-16/h3-5,8-11,14,19H,6-7,12-13H2,1-2H3. The Morgan fingerprint density at radius 2 is 1.64 bits per heavy atom. The molecule has 2 aromatic carbocycles. The number of unbranched alkanes of at least 4 members (excludes halogenated alkanes) is 1. The second-order valence-corrected chi connectivity index (χ2v) is 4.87. The Labute approximate surface area is 132 Å². The van der Waals surface area contributed by atoms with Crippen molar-refractivity contribution in [1.29, 1.82) is 0 Å². The minimum Gasteiger partial charge on any atom is -0.494 e. The SMILES string of the molecule is COc1ccc(NCCCCOc2ccccc2)cc1OC. The number of nitrogens with one attached hydrogen (secondary N) is 1. The lowest BCUT2D eigenvalue weighted by molar-refractivity contribution is 0.308. The van der Waals surface area contributed by atoms with Crippen molar-refractivity contribution >= 4 is 5.69 Å². The number of methoxy groups -OCH3 is 2. The second-order valence-electron chi connectivity index (χ2n) is 4.87. The highest BCUT2D eigenvalue weighted by molar-refractivity contribution is 5.54. The highest BCUT2D eigenvalue weighted by Crippen LogP contribution is 2.29. The summed E-state index contributed by atoms with van der Waals surface area (Å²) in [5.41, 5.74) is 1.03. The summed E-state index contributed by atoms with van der Waals surface area (Å²) in [5.74, 6) is 2.40. The molecule has 0 unspecified atom stereocenters. The monoisotopic (exact) mass is 301 g/mol. The van der Waals surface area contributed by atoms with Gasteiger partial charge in [-0.2, -0.15) is 0 Å². The van der Waals surface area contributed by atoms with Crippen molar-refractivity contribution in [2.75, 3.05) is 32.7 Å². The number of benzene rings is 2. The zero-order chi connectivity index (χ0) is 15.6. The minimum atomic E-state index is 0.734. The summed E-state index contributed by atoms with van der Waals surface area (Å²) in [7, 11) is 3.28. The first-order valence-electron chi connectivity index (χ1n) is 7.47. The third-order valence-electron chi connectivity index (χ3n) is 3.30. The fourth-order valence-electron chi connectivity index (χ4n) is 2.11. The highest BCUT2D eigenvalue weighted by atomic mass is 16.5. The van der Waals surface area contributed by atoms with Crippen LogP contribution >= 0.6 is 0 Å². The highest BCUT2D eigenvalue weighted by Gasteiger charge is 2.03. The third-order valence-corrected chi connectivity index (χ3v) is 3.30. The molecule has 4 nitrogen and oxygen atoms in total. The fraction of sp³-hybridized carbons (Fsp3) is 0.333. The Balaban J connectivity index is 1.66. The minimum absolute atomic E-state index is 0.734. The molecule has 22 heavy (non-hydrogen) atoms. The fourth-order valence-corrected chi connectivity index (χ4v) is 2.11. The second kappa shape index (κ2) is 8.82. The number of rotatable bonds is 9. The van der Waals surface area contributed by atoms with Crippen LogP contribution in [-0.4, -0.2) is 27.4 Å². The van der Waals surface area contributed by atoms with E-state index in [9.17, 15) is 0 Å². The van der Waals surface area contributed by atoms with Crippen LogP contribution in [0.2, 0.25) is 0 Å². The molecule has 4 heteroatoms. The predicted octanol–water partition coefficient (Wildman–Crippen LogP) is 3.97. The summed E-state index contributed by atoms with van der Waals surface area (Å²) in [6.07, 6.45) is 2.05. The van der Waals surface area contributed by atoms with Crippen LogP contribution in [0.25, 0.3) is 0 Å². The lowest BCUT2D eigenvalue weighted by atomic mass is 10.2. The molecule has 0 aromatic heterocycles. The van der Waals surface area contributed by atoms with E-state index in [1.807, 2.05) is 48.5 Å². The maximum Gasteiger partial charge on any atom is 0.162 e. The van der Waals surface area contributed by atoms with Gasteiger partial charge >= 0.3 is 0 Å². The molecule has 0 aliphatic heterocycles. The van der Waals surface area contributed by atoms with E-state index >= 15 is 0 Å². The number of anilines is 1. The van der Waals surface area contributed by atoms with Crippen LogP contribution in [0.4, 0.5) is 5.69 Å². The molecule has 0 atom stereocenters. The van der Waals surface area contributed by atoms with Crippen molar-refractivity contribution in [3.05, 3.63) is 48.5 Å². The smallest absolute Gasteiger partial charge is 0.162 e. The van der Waals surface area contributed by atoms with Gasteiger partial charge in [0.15, 0.2) is 11.5 Å². The summed E-state index contributed by atoms with van der Waals surface area (Å²) < 4.78 is 16.2. The summed E-state index contributed by atoms with van der Waals surface area (Å²) in [5, 5.41) is 3.38. The number of hydrogen-bond acceptors (Lipinski definition) is 4. The van der Waals surface area contributed by atoms with Gasteiger partial charge in [-0.1, -0.05) is 18.2 Å². The van der Waals surface area contributed by atoms with E-state index < -0.39 is 0 Å². The molecule has 0 spiro atoms. The molecule has 0 saturated carbocycles. The molecule has 0 radical (unpaired) electrons. The number of ether oxygens (including phenoxy) is 3. The van der Waals surface area contributed by atoms with Crippen LogP contribution in [-0.2, 0) is 0 Å². The molecule has 0 bridgehead atoms. The van der Waals surface area contributed by atoms with Gasteiger partial charge in [0, 0.05) is 18.3 Å². The molecule has 0 aliphatic rings. The van der Waals surface area contributed by atoms with Gasteiger partial charge < -0.3 is 19.5 Å². The van der Waals surface area contributed by atoms with Gasteiger partial charge in [-0.05, 0) is 37.1 Å². The first kappa shape index (κ1) is 16.0. The molecular weight excluding hydrogens is 278 g/mol. The summed E-state index contributed by atoms with van der Waals surface area (Å²) in [6.45, 7) is 1.63. The average Bonchev–Trinajstić information content (AvgIpc) is 2.58. The maximum atomic E-state index is 5.66. The molecule has 2 rings (SSSR count). The van der Waals surface area contributed by atoms with Crippen molar-refractivity contribution in [3.63, 3.8) is 0 Å². The molecule has 0 aliphatic carbocycles. The van der Waals surface area contributed by atoms with Gasteiger partial charge in [0.1, 0.15) is 5.75 Å². The van der Waals surface area contributed by atoms with Gasteiger partial charge in [0.05, 0.1) is 20.8 Å². The first-order chi connectivity index (χ1) is 10.8. The molecule has 0 heterocycles. The Bertz CT molecular complexity index is 558. The van der Waals surface area contributed by atoms with Gasteiger partial charge in [0.25, 0.3) is 0 Å². The largest absolute Gasteiger partial charge is 0.494 e. The topological polar surface area (TPSA) is 39.7 Å². The zero-order valence-electron chi connectivity index (χ0n) is 13.2. The number of hydrogen-bond donors (Lipinski definition) is 1. The van der Waals surface area contributed by atoms with Crippen molar-refractivity contribution in [2.45, 2.75) is 12.8 Å². The predicted molar refractivity (Wildman–Crippen MR) is 89.2 cm³/mol. The normalized spacial score (nSPS) is 10.1. The Kier molecular flexibility index (Phi) is 6.42. The third kappa shape index (κ3) is 4.88. The van der Waals surface area contributed by atoms with E-state index in [0.717, 1.165) is 48.9 Å². The first-order valence-corrected chi connectivity index (χ1v) is 7.47. The van der Waals surface area contributed by atoms with E-state index in [1.165, 1.54) is 0 Å².